The van der Waals surface area contributed by atoms with Crippen molar-refractivity contribution in [3.05, 3.63) is 34.9 Å². The molecule has 0 unspecified atom stereocenters. The summed E-state index contributed by atoms with van der Waals surface area (Å²) in [6.07, 6.45) is 6.10. The fourth-order valence-electron chi connectivity index (χ4n) is 5.93. The molecule has 3 heterocycles. The zero-order chi connectivity index (χ0) is 21.3. The van der Waals surface area contributed by atoms with E-state index in [1.807, 2.05) is 17.0 Å². The number of hydrogen-bond donors (Lipinski definition) is 0. The number of hydrogen-bond acceptors (Lipinski definition) is 3. The lowest BCUT2D eigenvalue weighted by atomic mass is 9.66. The molecule has 1 spiro atoms. The minimum absolute atomic E-state index is 0.156. The van der Waals surface area contributed by atoms with Crippen LogP contribution in [0.1, 0.15) is 64.5 Å². The first-order valence-corrected chi connectivity index (χ1v) is 12.1. The first kappa shape index (κ1) is 22.1. The van der Waals surface area contributed by atoms with Crippen molar-refractivity contribution in [2.45, 2.75) is 65.0 Å². The van der Waals surface area contributed by atoms with Crippen LogP contribution in [0.5, 0.6) is 0 Å². The highest BCUT2D eigenvalue weighted by Crippen LogP contribution is 2.50. The molecule has 30 heavy (non-hydrogen) atoms. The minimum Gasteiger partial charge on any atom is -0.373 e. The van der Waals surface area contributed by atoms with E-state index in [4.69, 9.17) is 16.3 Å². The standard InChI is InChI=1S/C25H37ClN2O2/c1-18(2)23-16-25(17-30-24(23)20-5-4-6-21(26)15-20)9-13-28(14-10-25)22-7-11-27(12-8-22)19(3)29/h4-6,15,18,22-24H,7-14,16-17H2,1-3H3/t23-,24-/m1/s1. The van der Waals surface area contributed by atoms with Crippen LogP contribution in [-0.4, -0.2) is 54.5 Å². The molecule has 1 aromatic carbocycles. The highest BCUT2D eigenvalue weighted by molar-refractivity contribution is 6.30. The van der Waals surface area contributed by atoms with E-state index >= 15 is 0 Å². The Hall–Kier alpha value is -1.10. The summed E-state index contributed by atoms with van der Waals surface area (Å²) in [5.41, 5.74) is 1.55. The van der Waals surface area contributed by atoms with Crippen LogP contribution in [0.4, 0.5) is 0 Å². The maximum atomic E-state index is 11.6. The third kappa shape index (κ3) is 4.71. The van der Waals surface area contributed by atoms with Crippen molar-refractivity contribution in [2.24, 2.45) is 17.3 Å². The van der Waals surface area contributed by atoms with Crippen molar-refractivity contribution in [3.8, 4) is 0 Å². The second-order valence-electron chi connectivity index (χ2n) is 10.2. The average Bonchev–Trinajstić information content (AvgIpc) is 2.74. The van der Waals surface area contributed by atoms with Crippen LogP contribution in [0.25, 0.3) is 0 Å². The van der Waals surface area contributed by atoms with Gasteiger partial charge in [-0.1, -0.05) is 37.6 Å². The van der Waals surface area contributed by atoms with Crippen LogP contribution in [0, 0.1) is 17.3 Å². The lowest BCUT2D eigenvalue weighted by Crippen LogP contribution is -2.52. The fourth-order valence-corrected chi connectivity index (χ4v) is 6.12. The number of likely N-dealkylation sites (tertiary alicyclic amines) is 2. The smallest absolute Gasteiger partial charge is 0.219 e. The number of ether oxygens (including phenoxy) is 1. The van der Waals surface area contributed by atoms with E-state index in [1.165, 1.54) is 37.9 Å². The van der Waals surface area contributed by atoms with Crippen molar-refractivity contribution in [1.82, 2.24) is 9.80 Å². The van der Waals surface area contributed by atoms with Crippen molar-refractivity contribution < 1.29 is 9.53 Å². The molecule has 0 aliphatic carbocycles. The molecule has 0 bridgehead atoms. The van der Waals surface area contributed by atoms with Gasteiger partial charge < -0.3 is 14.5 Å². The van der Waals surface area contributed by atoms with Crippen LogP contribution in [0.3, 0.4) is 0 Å². The molecule has 166 valence electrons. The number of carbonyl (C=O) groups is 1. The molecule has 3 aliphatic rings. The summed E-state index contributed by atoms with van der Waals surface area (Å²) in [7, 11) is 0. The Balaban J connectivity index is 1.37. The molecule has 4 rings (SSSR count). The monoisotopic (exact) mass is 432 g/mol. The lowest BCUT2D eigenvalue weighted by Gasteiger charge is -2.51. The summed E-state index contributed by atoms with van der Waals surface area (Å²) < 4.78 is 6.59. The van der Waals surface area contributed by atoms with Crippen LogP contribution in [-0.2, 0) is 9.53 Å². The minimum atomic E-state index is 0.156. The number of benzene rings is 1. The molecule has 0 N–H and O–H groups in total. The molecular weight excluding hydrogens is 396 g/mol. The van der Waals surface area contributed by atoms with Crippen molar-refractivity contribution in [2.75, 3.05) is 32.8 Å². The molecule has 0 aromatic heterocycles. The molecule has 3 saturated heterocycles. The van der Waals surface area contributed by atoms with Gasteiger partial charge in [0.15, 0.2) is 0 Å². The predicted molar refractivity (Wildman–Crippen MR) is 122 cm³/mol. The number of rotatable bonds is 3. The summed E-state index contributed by atoms with van der Waals surface area (Å²) in [6.45, 7) is 11.4. The molecule has 0 saturated carbocycles. The second kappa shape index (κ2) is 9.18. The zero-order valence-electron chi connectivity index (χ0n) is 18.8. The van der Waals surface area contributed by atoms with Gasteiger partial charge in [-0.05, 0) is 80.1 Å². The molecule has 1 amide bonds. The Kier molecular flexibility index (Phi) is 6.76. The third-order valence-electron chi connectivity index (χ3n) is 7.95. The van der Waals surface area contributed by atoms with Gasteiger partial charge in [-0.25, -0.2) is 0 Å². The van der Waals surface area contributed by atoms with Gasteiger partial charge in [-0.3, -0.25) is 4.79 Å². The van der Waals surface area contributed by atoms with E-state index in [-0.39, 0.29) is 12.0 Å². The lowest BCUT2D eigenvalue weighted by molar-refractivity contribution is -0.136. The Morgan fingerprint density at radius 2 is 1.87 bits per heavy atom. The van der Waals surface area contributed by atoms with Crippen LogP contribution in [0.15, 0.2) is 24.3 Å². The average molecular weight is 433 g/mol. The number of nitrogens with zero attached hydrogens (tertiary/aromatic N) is 2. The molecule has 1 aromatic rings. The first-order chi connectivity index (χ1) is 14.4. The Morgan fingerprint density at radius 3 is 2.47 bits per heavy atom. The molecule has 2 atom stereocenters. The van der Waals surface area contributed by atoms with Crippen LogP contribution >= 0.6 is 11.6 Å². The third-order valence-corrected chi connectivity index (χ3v) is 8.18. The number of carbonyl (C=O) groups excluding carboxylic acids is 1. The fraction of sp³-hybridized carbons (Fsp3) is 0.720. The highest BCUT2D eigenvalue weighted by Gasteiger charge is 2.45. The second-order valence-corrected chi connectivity index (χ2v) is 10.6. The van der Waals surface area contributed by atoms with Gasteiger partial charge in [0.05, 0.1) is 12.7 Å². The van der Waals surface area contributed by atoms with E-state index in [1.54, 1.807) is 6.92 Å². The normalized spacial score (nSPS) is 28.2. The summed E-state index contributed by atoms with van der Waals surface area (Å²) >= 11 is 6.27. The van der Waals surface area contributed by atoms with Gasteiger partial charge in [0, 0.05) is 31.1 Å². The highest BCUT2D eigenvalue weighted by atomic mass is 35.5. The maximum Gasteiger partial charge on any atom is 0.219 e. The van der Waals surface area contributed by atoms with Gasteiger partial charge in [0.1, 0.15) is 0 Å². The first-order valence-electron chi connectivity index (χ1n) is 11.7. The van der Waals surface area contributed by atoms with E-state index in [0.29, 0.717) is 23.3 Å². The summed E-state index contributed by atoms with van der Waals surface area (Å²) in [5.74, 6) is 1.34. The topological polar surface area (TPSA) is 32.8 Å². The van der Waals surface area contributed by atoms with E-state index < -0.39 is 0 Å². The molecule has 3 aliphatic heterocycles. The molecule has 4 nitrogen and oxygen atoms in total. The predicted octanol–water partition coefficient (Wildman–Crippen LogP) is 5.17. The molecule has 5 heteroatoms. The number of halogens is 1. The van der Waals surface area contributed by atoms with Crippen molar-refractivity contribution in [3.63, 3.8) is 0 Å². The van der Waals surface area contributed by atoms with Gasteiger partial charge in [-0.15, -0.1) is 0 Å². The molecule has 0 radical (unpaired) electrons. The Labute approximate surface area is 186 Å². The van der Waals surface area contributed by atoms with Crippen LogP contribution < -0.4 is 0 Å². The van der Waals surface area contributed by atoms with Crippen molar-refractivity contribution >= 4 is 17.5 Å². The summed E-state index contributed by atoms with van der Waals surface area (Å²) in [4.78, 5) is 16.3. The van der Waals surface area contributed by atoms with Gasteiger partial charge >= 0.3 is 0 Å². The van der Waals surface area contributed by atoms with E-state index in [0.717, 1.165) is 37.6 Å². The molecular formula is C25H37ClN2O2. The Morgan fingerprint density at radius 1 is 1.17 bits per heavy atom. The van der Waals surface area contributed by atoms with Gasteiger partial charge in [0.2, 0.25) is 5.91 Å². The summed E-state index contributed by atoms with van der Waals surface area (Å²) in [6, 6.07) is 8.87. The van der Waals surface area contributed by atoms with Gasteiger partial charge in [0.25, 0.3) is 0 Å². The SMILES string of the molecule is CC(=O)N1CCC(N2CCC3(CC2)CO[C@H](c2cccc(Cl)c2)[C@@H](C(C)C)C3)CC1. The number of piperidine rings is 2. The molecule has 3 fully saturated rings. The zero-order valence-corrected chi connectivity index (χ0v) is 19.5. The van der Waals surface area contributed by atoms with E-state index in [9.17, 15) is 4.79 Å². The Bertz CT molecular complexity index is 736. The maximum absolute atomic E-state index is 11.6. The van der Waals surface area contributed by atoms with E-state index in [2.05, 4.69) is 30.9 Å². The van der Waals surface area contributed by atoms with Crippen molar-refractivity contribution in [1.29, 1.82) is 0 Å². The van der Waals surface area contributed by atoms with Crippen LogP contribution in [0.2, 0.25) is 5.02 Å². The number of amides is 1. The quantitative estimate of drug-likeness (QED) is 0.660. The largest absolute Gasteiger partial charge is 0.373 e. The van der Waals surface area contributed by atoms with Gasteiger partial charge in [-0.2, -0.15) is 0 Å². The summed E-state index contributed by atoms with van der Waals surface area (Å²) in [5, 5.41) is 0.794.